The number of hydrogen-bond acceptors (Lipinski definition) is 4. The van der Waals surface area contributed by atoms with Crippen LogP contribution in [-0.2, 0) is 16.0 Å². The van der Waals surface area contributed by atoms with Crippen molar-refractivity contribution in [2.45, 2.75) is 45.6 Å². The zero-order chi connectivity index (χ0) is 17.1. The second-order valence-corrected chi connectivity index (χ2v) is 6.10. The van der Waals surface area contributed by atoms with E-state index in [9.17, 15) is 9.59 Å². The molecule has 0 saturated heterocycles. The molecule has 128 valence electrons. The van der Waals surface area contributed by atoms with Crippen molar-refractivity contribution in [2.24, 2.45) is 0 Å². The van der Waals surface area contributed by atoms with Gasteiger partial charge in [0.1, 0.15) is 0 Å². The molecule has 0 aromatic heterocycles. The van der Waals surface area contributed by atoms with Crippen LogP contribution in [0.1, 0.15) is 50.3 Å². The number of hydrogen-bond donors (Lipinski definition) is 0. The summed E-state index contributed by atoms with van der Waals surface area (Å²) in [4.78, 5) is 25.6. The van der Waals surface area contributed by atoms with Crippen molar-refractivity contribution in [1.82, 2.24) is 4.90 Å². The van der Waals surface area contributed by atoms with E-state index in [0.717, 1.165) is 36.8 Å². The molecule has 0 bridgehead atoms. The van der Waals surface area contributed by atoms with Crippen LogP contribution in [0.4, 0.5) is 0 Å². The largest absolute Gasteiger partial charge is 0.490 e. The Morgan fingerprint density at radius 2 is 1.71 bits per heavy atom. The Kier molecular flexibility index (Phi) is 4.88. The molecule has 0 fully saturated rings. The first-order chi connectivity index (χ1) is 11.7. The van der Waals surface area contributed by atoms with E-state index in [-0.39, 0.29) is 17.9 Å². The molecule has 1 aromatic rings. The SMILES string of the molecule is CCCOc1ccc2c(c1OCCC)[C@@H](N1C(=O)C=CC1=O)CC2. The Morgan fingerprint density at radius 3 is 2.38 bits per heavy atom. The van der Waals surface area contributed by atoms with Crippen molar-refractivity contribution in [3.8, 4) is 11.5 Å². The second kappa shape index (κ2) is 7.07. The van der Waals surface area contributed by atoms with Gasteiger partial charge in [-0.25, -0.2) is 0 Å². The van der Waals surface area contributed by atoms with E-state index in [4.69, 9.17) is 9.47 Å². The van der Waals surface area contributed by atoms with Gasteiger partial charge in [0, 0.05) is 17.7 Å². The summed E-state index contributed by atoms with van der Waals surface area (Å²) in [5.41, 5.74) is 2.06. The molecular weight excluding hydrogens is 306 g/mol. The molecule has 0 spiro atoms. The molecular formula is C19H23NO4. The van der Waals surface area contributed by atoms with Gasteiger partial charge in [0.15, 0.2) is 11.5 Å². The smallest absolute Gasteiger partial charge is 0.254 e. The predicted molar refractivity (Wildman–Crippen MR) is 90.1 cm³/mol. The van der Waals surface area contributed by atoms with E-state index in [1.807, 2.05) is 19.1 Å². The van der Waals surface area contributed by atoms with Gasteiger partial charge in [0.25, 0.3) is 11.8 Å². The Hall–Kier alpha value is -2.30. The highest BCUT2D eigenvalue weighted by Crippen LogP contribution is 2.46. The number of benzene rings is 1. The topological polar surface area (TPSA) is 55.8 Å². The van der Waals surface area contributed by atoms with Gasteiger partial charge in [-0.3, -0.25) is 14.5 Å². The molecule has 3 rings (SSSR count). The molecule has 1 atom stereocenters. The molecule has 0 N–H and O–H groups in total. The first-order valence-electron chi connectivity index (χ1n) is 8.64. The van der Waals surface area contributed by atoms with Gasteiger partial charge in [-0.1, -0.05) is 19.9 Å². The molecule has 24 heavy (non-hydrogen) atoms. The quantitative estimate of drug-likeness (QED) is 0.721. The summed E-state index contributed by atoms with van der Waals surface area (Å²) in [6.07, 6.45) is 6.02. The van der Waals surface area contributed by atoms with Gasteiger partial charge in [-0.15, -0.1) is 0 Å². The molecule has 5 heteroatoms. The van der Waals surface area contributed by atoms with Crippen LogP contribution in [-0.4, -0.2) is 29.9 Å². The minimum atomic E-state index is -0.271. The summed E-state index contributed by atoms with van der Waals surface area (Å²) in [6, 6.07) is 3.69. The summed E-state index contributed by atoms with van der Waals surface area (Å²) in [5, 5.41) is 0. The Bertz CT molecular complexity index is 662. The maximum Gasteiger partial charge on any atom is 0.254 e. The van der Waals surface area contributed by atoms with Crippen LogP contribution in [0.25, 0.3) is 0 Å². The van der Waals surface area contributed by atoms with Crippen LogP contribution in [0.15, 0.2) is 24.3 Å². The van der Waals surface area contributed by atoms with Gasteiger partial charge in [0.05, 0.1) is 19.3 Å². The lowest BCUT2D eigenvalue weighted by Crippen LogP contribution is -2.33. The molecule has 2 aliphatic rings. The third-order valence-electron chi connectivity index (χ3n) is 4.34. The summed E-state index contributed by atoms with van der Waals surface area (Å²) in [7, 11) is 0. The standard InChI is InChI=1S/C19H23NO4/c1-3-11-23-15-8-6-13-5-7-14(18(13)19(15)24-12-4-2)20-16(21)9-10-17(20)22/h6,8-10,14H,3-5,7,11-12H2,1-2H3/t14-/m0/s1. The normalized spacial score (nSPS) is 19.1. The highest BCUT2D eigenvalue weighted by molar-refractivity contribution is 6.13. The summed E-state index contributed by atoms with van der Waals surface area (Å²) in [5.74, 6) is 0.888. The van der Waals surface area contributed by atoms with E-state index in [1.165, 1.54) is 17.1 Å². The first-order valence-corrected chi connectivity index (χ1v) is 8.64. The Balaban J connectivity index is 2.00. The highest BCUT2D eigenvalue weighted by atomic mass is 16.5. The predicted octanol–water partition coefficient (Wildman–Crippen LogP) is 3.18. The van der Waals surface area contributed by atoms with Gasteiger partial charge in [-0.2, -0.15) is 0 Å². The monoisotopic (exact) mass is 329 g/mol. The highest BCUT2D eigenvalue weighted by Gasteiger charge is 2.39. The molecule has 0 saturated carbocycles. The van der Waals surface area contributed by atoms with Crippen molar-refractivity contribution in [2.75, 3.05) is 13.2 Å². The molecule has 2 amide bonds. The third kappa shape index (κ3) is 2.90. The van der Waals surface area contributed by atoms with E-state index in [0.29, 0.717) is 24.7 Å². The lowest BCUT2D eigenvalue weighted by Gasteiger charge is -2.25. The van der Waals surface area contributed by atoms with Crippen molar-refractivity contribution >= 4 is 11.8 Å². The fraction of sp³-hybridized carbons (Fsp3) is 0.474. The number of rotatable bonds is 7. The fourth-order valence-corrected chi connectivity index (χ4v) is 3.30. The number of amides is 2. The van der Waals surface area contributed by atoms with E-state index in [1.54, 1.807) is 0 Å². The molecule has 1 heterocycles. The van der Waals surface area contributed by atoms with Crippen LogP contribution in [0.2, 0.25) is 0 Å². The number of ether oxygens (including phenoxy) is 2. The average Bonchev–Trinajstić information content (AvgIpc) is 3.14. The molecule has 1 aromatic carbocycles. The van der Waals surface area contributed by atoms with Crippen LogP contribution < -0.4 is 9.47 Å². The number of nitrogens with zero attached hydrogens (tertiary/aromatic N) is 1. The van der Waals surface area contributed by atoms with Gasteiger partial charge < -0.3 is 9.47 Å². The van der Waals surface area contributed by atoms with Crippen LogP contribution in [0.5, 0.6) is 11.5 Å². The van der Waals surface area contributed by atoms with Crippen LogP contribution >= 0.6 is 0 Å². The minimum Gasteiger partial charge on any atom is -0.490 e. The maximum atomic E-state index is 12.1. The number of carbonyl (C=O) groups excluding carboxylic acids is 2. The van der Waals surface area contributed by atoms with Gasteiger partial charge in [-0.05, 0) is 37.3 Å². The average molecular weight is 329 g/mol. The van der Waals surface area contributed by atoms with Gasteiger partial charge >= 0.3 is 0 Å². The Morgan fingerprint density at radius 1 is 1.04 bits per heavy atom. The van der Waals surface area contributed by atoms with Gasteiger partial charge in [0.2, 0.25) is 0 Å². The van der Waals surface area contributed by atoms with Crippen molar-refractivity contribution in [1.29, 1.82) is 0 Å². The van der Waals surface area contributed by atoms with Crippen LogP contribution in [0, 0.1) is 0 Å². The fourth-order valence-electron chi connectivity index (χ4n) is 3.30. The zero-order valence-electron chi connectivity index (χ0n) is 14.2. The van der Waals surface area contributed by atoms with E-state index in [2.05, 4.69) is 6.92 Å². The molecule has 5 nitrogen and oxygen atoms in total. The second-order valence-electron chi connectivity index (χ2n) is 6.10. The molecule has 0 unspecified atom stereocenters. The number of carbonyl (C=O) groups is 2. The first kappa shape index (κ1) is 16.6. The lowest BCUT2D eigenvalue weighted by molar-refractivity contribution is -0.139. The van der Waals surface area contributed by atoms with Crippen molar-refractivity contribution in [3.63, 3.8) is 0 Å². The lowest BCUT2D eigenvalue weighted by atomic mass is 10.0. The summed E-state index contributed by atoms with van der Waals surface area (Å²) >= 11 is 0. The Labute approximate surface area is 142 Å². The summed E-state index contributed by atoms with van der Waals surface area (Å²) in [6.45, 7) is 5.28. The molecule has 1 aliphatic heterocycles. The van der Waals surface area contributed by atoms with E-state index < -0.39 is 0 Å². The maximum absolute atomic E-state index is 12.1. The number of imide groups is 1. The van der Waals surface area contributed by atoms with Crippen molar-refractivity contribution < 1.29 is 19.1 Å². The molecule has 0 radical (unpaired) electrons. The molecule has 1 aliphatic carbocycles. The number of aryl methyl sites for hydroxylation is 1. The van der Waals surface area contributed by atoms with Crippen molar-refractivity contribution in [3.05, 3.63) is 35.4 Å². The summed E-state index contributed by atoms with van der Waals surface area (Å²) < 4.78 is 11.8. The van der Waals surface area contributed by atoms with Crippen LogP contribution in [0.3, 0.4) is 0 Å². The van der Waals surface area contributed by atoms with E-state index >= 15 is 0 Å². The minimum absolute atomic E-state index is 0.251. The zero-order valence-corrected chi connectivity index (χ0v) is 14.2. The third-order valence-corrected chi connectivity index (χ3v) is 4.34. The number of fused-ring (bicyclic) bond motifs is 1.